The summed E-state index contributed by atoms with van der Waals surface area (Å²) in [5, 5.41) is 13.2. The average Bonchev–Trinajstić information content (AvgIpc) is 2.40. The molecule has 0 unspecified atom stereocenters. The van der Waals surface area contributed by atoms with Crippen molar-refractivity contribution in [3.8, 4) is 0 Å². The quantitative estimate of drug-likeness (QED) is 0.895. The molecule has 0 aromatic carbocycles. The van der Waals surface area contributed by atoms with Crippen LogP contribution in [0.3, 0.4) is 0 Å². The van der Waals surface area contributed by atoms with E-state index in [1.165, 1.54) is 12.1 Å². The molecular weight excluding hydrogens is 269 g/mol. The highest BCUT2D eigenvalue weighted by atomic mass is 19.4. The van der Waals surface area contributed by atoms with Crippen LogP contribution in [0.25, 0.3) is 0 Å². The maximum absolute atomic E-state index is 12.5. The van der Waals surface area contributed by atoms with Gasteiger partial charge in [-0.3, -0.25) is 0 Å². The van der Waals surface area contributed by atoms with E-state index in [9.17, 15) is 18.3 Å². The summed E-state index contributed by atoms with van der Waals surface area (Å²) in [6.45, 7) is 2.37. The predicted octanol–water partition coefficient (Wildman–Crippen LogP) is 3.45. The van der Waals surface area contributed by atoms with Crippen molar-refractivity contribution in [3.63, 3.8) is 0 Å². The molecule has 1 heterocycles. The molecule has 6 heteroatoms. The van der Waals surface area contributed by atoms with Crippen molar-refractivity contribution in [2.75, 3.05) is 11.9 Å². The molecule has 1 aromatic heterocycles. The van der Waals surface area contributed by atoms with Gasteiger partial charge in [-0.1, -0.05) is 13.0 Å². The third-order valence-electron chi connectivity index (χ3n) is 3.84. The summed E-state index contributed by atoms with van der Waals surface area (Å²) in [7, 11) is 0. The minimum atomic E-state index is -4.45. The van der Waals surface area contributed by atoms with Crippen LogP contribution >= 0.6 is 0 Å². The largest absolute Gasteiger partial charge is 0.433 e. The van der Waals surface area contributed by atoms with Crippen molar-refractivity contribution < 1.29 is 18.3 Å². The monoisotopic (exact) mass is 288 g/mol. The number of aliphatic hydroxyl groups is 1. The van der Waals surface area contributed by atoms with Gasteiger partial charge < -0.3 is 10.4 Å². The Hall–Kier alpha value is -1.30. The second kappa shape index (κ2) is 5.60. The van der Waals surface area contributed by atoms with Crippen LogP contribution in [0.4, 0.5) is 19.0 Å². The van der Waals surface area contributed by atoms with E-state index in [1.807, 2.05) is 0 Å². The molecule has 0 spiro atoms. The number of hydrogen-bond donors (Lipinski definition) is 2. The zero-order valence-electron chi connectivity index (χ0n) is 11.4. The molecule has 0 atom stereocenters. The van der Waals surface area contributed by atoms with Crippen molar-refractivity contribution in [2.45, 2.75) is 44.4 Å². The van der Waals surface area contributed by atoms with Crippen LogP contribution < -0.4 is 5.32 Å². The Morgan fingerprint density at radius 1 is 1.35 bits per heavy atom. The first-order valence-corrected chi connectivity index (χ1v) is 6.79. The van der Waals surface area contributed by atoms with Gasteiger partial charge >= 0.3 is 6.18 Å². The fraction of sp³-hybridized carbons (Fsp3) is 0.643. The molecule has 0 radical (unpaired) electrons. The minimum Gasteiger partial charge on any atom is -0.388 e. The summed E-state index contributed by atoms with van der Waals surface area (Å²) < 4.78 is 37.6. The number of anilines is 1. The van der Waals surface area contributed by atoms with Gasteiger partial charge in [0.2, 0.25) is 0 Å². The van der Waals surface area contributed by atoms with Gasteiger partial charge in [0.15, 0.2) is 0 Å². The molecule has 1 fully saturated rings. The maximum Gasteiger partial charge on any atom is 0.433 e. The highest BCUT2D eigenvalue weighted by Gasteiger charge is 2.33. The number of alkyl halides is 3. The number of aromatic nitrogens is 1. The van der Waals surface area contributed by atoms with Crippen LogP contribution in [0.1, 0.15) is 38.3 Å². The van der Waals surface area contributed by atoms with Crippen LogP contribution in [-0.2, 0) is 6.18 Å². The molecule has 20 heavy (non-hydrogen) atoms. The summed E-state index contributed by atoms with van der Waals surface area (Å²) in [5.74, 6) is 0.744. The Morgan fingerprint density at radius 3 is 2.60 bits per heavy atom. The number of hydrogen-bond acceptors (Lipinski definition) is 3. The van der Waals surface area contributed by atoms with Crippen molar-refractivity contribution in [1.82, 2.24) is 4.98 Å². The Labute approximate surface area is 116 Å². The van der Waals surface area contributed by atoms with E-state index in [0.29, 0.717) is 18.8 Å². The summed E-state index contributed by atoms with van der Waals surface area (Å²) in [6, 6.07) is 3.72. The van der Waals surface area contributed by atoms with Crippen LogP contribution in [0, 0.1) is 5.92 Å². The Kier molecular flexibility index (Phi) is 4.22. The molecule has 3 nitrogen and oxygen atoms in total. The predicted molar refractivity (Wildman–Crippen MR) is 70.3 cm³/mol. The van der Waals surface area contributed by atoms with Gasteiger partial charge in [0.05, 0.1) is 5.60 Å². The fourth-order valence-electron chi connectivity index (χ4n) is 2.42. The lowest BCUT2D eigenvalue weighted by Crippen LogP contribution is -2.40. The van der Waals surface area contributed by atoms with Crippen molar-refractivity contribution in [1.29, 1.82) is 0 Å². The van der Waals surface area contributed by atoms with E-state index in [1.54, 1.807) is 0 Å². The average molecular weight is 288 g/mol. The van der Waals surface area contributed by atoms with E-state index in [-0.39, 0.29) is 12.4 Å². The molecule has 1 saturated carbocycles. The first-order valence-electron chi connectivity index (χ1n) is 6.79. The lowest BCUT2D eigenvalue weighted by atomic mass is 9.79. The summed E-state index contributed by atoms with van der Waals surface area (Å²) >= 11 is 0. The topological polar surface area (TPSA) is 45.1 Å². The molecule has 1 aliphatic rings. The van der Waals surface area contributed by atoms with Crippen molar-refractivity contribution in [3.05, 3.63) is 23.9 Å². The number of nitrogens with one attached hydrogen (secondary N) is 1. The van der Waals surface area contributed by atoms with Crippen molar-refractivity contribution in [2.24, 2.45) is 5.92 Å². The standard InChI is InChI=1S/C14H19F3N2O/c1-10-5-7-13(20,8-6-10)9-18-12-4-2-3-11(19-12)14(15,16)17/h2-4,10,20H,5-9H2,1H3,(H,18,19). The van der Waals surface area contributed by atoms with Gasteiger partial charge in [0.25, 0.3) is 0 Å². The minimum absolute atomic E-state index is 0.145. The first kappa shape index (κ1) is 15.1. The smallest absolute Gasteiger partial charge is 0.388 e. The molecule has 0 saturated heterocycles. The molecule has 1 aliphatic carbocycles. The van der Waals surface area contributed by atoms with Gasteiger partial charge in [0, 0.05) is 6.54 Å². The van der Waals surface area contributed by atoms with Crippen LogP contribution in [-0.4, -0.2) is 22.2 Å². The number of halogens is 3. The third-order valence-corrected chi connectivity index (χ3v) is 3.84. The van der Waals surface area contributed by atoms with E-state index in [2.05, 4.69) is 17.2 Å². The van der Waals surface area contributed by atoms with Crippen molar-refractivity contribution >= 4 is 5.82 Å². The number of rotatable bonds is 3. The molecular formula is C14H19F3N2O. The third kappa shape index (κ3) is 3.85. The van der Waals surface area contributed by atoms with Gasteiger partial charge in [-0.05, 0) is 43.7 Å². The maximum atomic E-state index is 12.5. The molecule has 0 amide bonds. The molecule has 0 aliphatic heterocycles. The van der Waals surface area contributed by atoms with Gasteiger partial charge in [0.1, 0.15) is 11.5 Å². The Balaban J connectivity index is 1.97. The second-order valence-electron chi connectivity index (χ2n) is 5.67. The van der Waals surface area contributed by atoms with Gasteiger partial charge in [-0.2, -0.15) is 13.2 Å². The highest BCUT2D eigenvalue weighted by molar-refractivity contribution is 5.36. The van der Waals surface area contributed by atoms with Crippen LogP contribution in [0.15, 0.2) is 18.2 Å². The van der Waals surface area contributed by atoms with E-state index >= 15 is 0 Å². The zero-order chi connectivity index (χ0) is 14.8. The fourth-order valence-corrected chi connectivity index (χ4v) is 2.42. The summed E-state index contributed by atoms with van der Waals surface area (Å²) in [5.41, 5.74) is -1.77. The SMILES string of the molecule is CC1CCC(O)(CNc2cccc(C(F)(F)F)n2)CC1. The lowest BCUT2D eigenvalue weighted by Gasteiger charge is -2.35. The van der Waals surface area contributed by atoms with Crippen LogP contribution in [0.5, 0.6) is 0 Å². The van der Waals surface area contributed by atoms with Crippen LogP contribution in [0.2, 0.25) is 0 Å². The zero-order valence-corrected chi connectivity index (χ0v) is 11.4. The molecule has 0 bridgehead atoms. The second-order valence-corrected chi connectivity index (χ2v) is 5.67. The van der Waals surface area contributed by atoms with Gasteiger partial charge in [-0.15, -0.1) is 0 Å². The summed E-state index contributed by atoms with van der Waals surface area (Å²) in [6.07, 6.45) is -1.24. The normalized spacial score (nSPS) is 27.4. The Morgan fingerprint density at radius 2 is 2.00 bits per heavy atom. The molecule has 112 valence electrons. The highest BCUT2D eigenvalue weighted by Crippen LogP contribution is 2.32. The van der Waals surface area contributed by atoms with E-state index < -0.39 is 17.5 Å². The van der Waals surface area contributed by atoms with Gasteiger partial charge in [-0.25, -0.2) is 4.98 Å². The molecule has 2 rings (SSSR count). The lowest BCUT2D eigenvalue weighted by molar-refractivity contribution is -0.141. The first-order chi connectivity index (χ1) is 9.28. The number of nitrogens with zero attached hydrogens (tertiary/aromatic N) is 1. The molecule has 1 aromatic rings. The van der Waals surface area contributed by atoms with E-state index in [4.69, 9.17) is 0 Å². The molecule has 2 N–H and O–H groups in total. The van der Waals surface area contributed by atoms with E-state index in [0.717, 1.165) is 18.9 Å². The Bertz CT molecular complexity index is 454. The summed E-state index contributed by atoms with van der Waals surface area (Å²) in [4.78, 5) is 3.53. The number of pyridine rings is 1.